The van der Waals surface area contributed by atoms with E-state index in [2.05, 4.69) is 64.0 Å². The predicted molar refractivity (Wildman–Crippen MR) is 91.6 cm³/mol. The van der Waals surface area contributed by atoms with Crippen molar-refractivity contribution in [3.8, 4) is 0 Å². The van der Waals surface area contributed by atoms with E-state index in [-0.39, 0.29) is 0 Å². The molecule has 21 heavy (non-hydrogen) atoms. The largest absolute Gasteiger partial charge is 0.315 e. The molecule has 2 fully saturated rings. The summed E-state index contributed by atoms with van der Waals surface area (Å²) in [5.41, 5.74) is 0.448. The monoisotopic (exact) mass is 295 g/mol. The van der Waals surface area contributed by atoms with Gasteiger partial charge in [0.25, 0.3) is 0 Å². The van der Waals surface area contributed by atoms with Gasteiger partial charge in [-0.2, -0.15) is 0 Å². The topological polar surface area (TPSA) is 18.5 Å². The summed E-state index contributed by atoms with van der Waals surface area (Å²) in [5, 5.41) is 3.61. The van der Waals surface area contributed by atoms with Crippen molar-refractivity contribution in [2.75, 3.05) is 34.2 Å². The predicted octanol–water partition coefficient (Wildman–Crippen LogP) is 2.67. The second kappa shape index (κ2) is 6.55. The average Bonchev–Trinajstić information content (AvgIpc) is 2.79. The van der Waals surface area contributed by atoms with Gasteiger partial charge in [0.2, 0.25) is 0 Å². The van der Waals surface area contributed by atoms with Crippen molar-refractivity contribution in [3.63, 3.8) is 0 Å². The lowest BCUT2D eigenvalue weighted by Gasteiger charge is -2.45. The fourth-order valence-electron chi connectivity index (χ4n) is 4.60. The quantitative estimate of drug-likeness (QED) is 0.863. The van der Waals surface area contributed by atoms with E-state index < -0.39 is 0 Å². The Morgan fingerprint density at radius 1 is 1.10 bits per heavy atom. The van der Waals surface area contributed by atoms with Crippen LogP contribution in [0.4, 0.5) is 0 Å². The number of rotatable bonds is 3. The molecule has 1 N–H and O–H groups in total. The smallest absolute Gasteiger partial charge is 0.0254 e. The molecule has 124 valence electrons. The van der Waals surface area contributed by atoms with Gasteiger partial charge in [0.15, 0.2) is 0 Å². The Labute approximate surface area is 132 Å². The molecule has 1 heterocycles. The number of likely N-dealkylation sites (N-methyl/N-ethyl adjacent to an activating group) is 2. The maximum Gasteiger partial charge on any atom is 0.0254 e. The lowest BCUT2D eigenvalue weighted by atomic mass is 9.69. The Hall–Kier alpha value is -0.120. The third kappa shape index (κ3) is 3.80. The van der Waals surface area contributed by atoms with Crippen LogP contribution in [0.5, 0.6) is 0 Å². The van der Waals surface area contributed by atoms with Crippen molar-refractivity contribution in [3.05, 3.63) is 0 Å². The fourth-order valence-corrected chi connectivity index (χ4v) is 4.60. The number of nitrogens with zero attached hydrogens (tertiary/aromatic N) is 2. The van der Waals surface area contributed by atoms with Gasteiger partial charge in [-0.15, -0.1) is 0 Å². The van der Waals surface area contributed by atoms with Crippen LogP contribution in [0.25, 0.3) is 0 Å². The molecular weight excluding hydrogens is 258 g/mol. The standard InChI is InChI=1S/C18H37N3/c1-13-11-21(12-17(13)20(6)7)16-10-14(18(2,3)4)8-9-15(16)19-5/h13-17,19H,8-12H2,1-7H3. The minimum absolute atomic E-state index is 0.448. The van der Waals surface area contributed by atoms with Crippen LogP contribution >= 0.6 is 0 Å². The summed E-state index contributed by atoms with van der Waals surface area (Å²) in [6.45, 7) is 12.2. The summed E-state index contributed by atoms with van der Waals surface area (Å²) in [7, 11) is 6.62. The molecule has 3 heteroatoms. The van der Waals surface area contributed by atoms with E-state index in [0.29, 0.717) is 11.5 Å². The van der Waals surface area contributed by atoms with Crippen molar-refractivity contribution in [2.45, 2.75) is 65.1 Å². The molecule has 0 aromatic heterocycles. The molecule has 1 saturated carbocycles. The summed E-state index contributed by atoms with van der Waals surface area (Å²) < 4.78 is 0. The zero-order valence-corrected chi connectivity index (χ0v) is 15.3. The molecule has 1 aliphatic heterocycles. The summed E-state index contributed by atoms with van der Waals surface area (Å²) in [4.78, 5) is 5.21. The highest BCUT2D eigenvalue weighted by Crippen LogP contribution is 2.40. The van der Waals surface area contributed by atoms with Gasteiger partial charge in [0.1, 0.15) is 0 Å². The van der Waals surface area contributed by atoms with Gasteiger partial charge in [-0.05, 0) is 57.7 Å². The molecule has 3 nitrogen and oxygen atoms in total. The van der Waals surface area contributed by atoms with E-state index in [1.54, 1.807) is 0 Å². The molecule has 0 bridgehead atoms. The first-order valence-electron chi connectivity index (χ1n) is 8.81. The van der Waals surface area contributed by atoms with Crippen molar-refractivity contribution >= 4 is 0 Å². The first-order chi connectivity index (χ1) is 9.74. The molecule has 2 rings (SSSR count). The SMILES string of the molecule is CNC1CCC(C(C)(C)C)CC1N1CC(C)C(N(C)C)C1. The maximum atomic E-state index is 3.61. The highest BCUT2D eigenvalue weighted by molar-refractivity contribution is 4.98. The lowest BCUT2D eigenvalue weighted by molar-refractivity contribution is 0.0696. The van der Waals surface area contributed by atoms with Gasteiger partial charge in [-0.25, -0.2) is 0 Å². The fraction of sp³-hybridized carbons (Fsp3) is 1.00. The van der Waals surface area contributed by atoms with Crippen LogP contribution in [0.1, 0.15) is 47.0 Å². The highest BCUT2D eigenvalue weighted by atomic mass is 15.3. The van der Waals surface area contributed by atoms with Crippen LogP contribution in [-0.4, -0.2) is 62.2 Å². The molecule has 1 aliphatic carbocycles. The number of likely N-dealkylation sites (tertiary alicyclic amines) is 1. The second-order valence-electron chi connectivity index (χ2n) is 8.80. The van der Waals surface area contributed by atoms with Crippen molar-refractivity contribution in [2.24, 2.45) is 17.3 Å². The van der Waals surface area contributed by atoms with E-state index >= 15 is 0 Å². The maximum absolute atomic E-state index is 3.61. The van der Waals surface area contributed by atoms with Gasteiger partial charge in [0.05, 0.1) is 0 Å². The number of nitrogens with one attached hydrogen (secondary N) is 1. The van der Waals surface area contributed by atoms with E-state index in [4.69, 9.17) is 0 Å². The van der Waals surface area contributed by atoms with Crippen LogP contribution in [-0.2, 0) is 0 Å². The Bertz CT molecular complexity index is 334. The summed E-state index contributed by atoms with van der Waals surface area (Å²) in [6.07, 6.45) is 4.08. The number of hydrogen-bond donors (Lipinski definition) is 1. The second-order valence-corrected chi connectivity index (χ2v) is 8.80. The van der Waals surface area contributed by atoms with Crippen LogP contribution in [0.3, 0.4) is 0 Å². The Morgan fingerprint density at radius 2 is 1.76 bits per heavy atom. The average molecular weight is 296 g/mol. The van der Waals surface area contributed by atoms with Gasteiger partial charge in [0, 0.05) is 31.2 Å². The molecular formula is C18H37N3. The van der Waals surface area contributed by atoms with Gasteiger partial charge < -0.3 is 10.2 Å². The van der Waals surface area contributed by atoms with Gasteiger partial charge in [-0.3, -0.25) is 4.90 Å². The minimum Gasteiger partial charge on any atom is -0.315 e. The lowest BCUT2D eigenvalue weighted by Crippen LogP contribution is -2.53. The van der Waals surface area contributed by atoms with Crippen molar-refractivity contribution < 1.29 is 0 Å². The molecule has 2 aliphatic rings. The third-order valence-electron chi connectivity index (χ3n) is 6.15. The van der Waals surface area contributed by atoms with Gasteiger partial charge >= 0.3 is 0 Å². The zero-order valence-electron chi connectivity index (χ0n) is 15.3. The van der Waals surface area contributed by atoms with Crippen molar-refractivity contribution in [1.82, 2.24) is 15.1 Å². The van der Waals surface area contributed by atoms with E-state index in [9.17, 15) is 0 Å². The molecule has 0 amide bonds. The zero-order chi connectivity index (χ0) is 15.8. The van der Waals surface area contributed by atoms with Gasteiger partial charge in [-0.1, -0.05) is 27.7 Å². The van der Waals surface area contributed by atoms with Crippen LogP contribution < -0.4 is 5.32 Å². The molecule has 0 radical (unpaired) electrons. The van der Waals surface area contributed by atoms with Crippen molar-refractivity contribution in [1.29, 1.82) is 0 Å². The molecule has 0 aromatic carbocycles. The Kier molecular flexibility index (Phi) is 5.38. The molecule has 5 atom stereocenters. The molecule has 0 aromatic rings. The molecule has 1 saturated heterocycles. The number of hydrogen-bond acceptors (Lipinski definition) is 3. The third-order valence-corrected chi connectivity index (χ3v) is 6.15. The minimum atomic E-state index is 0.448. The summed E-state index contributed by atoms with van der Waals surface area (Å²) >= 11 is 0. The summed E-state index contributed by atoms with van der Waals surface area (Å²) in [6, 6.07) is 2.12. The van der Waals surface area contributed by atoms with Crippen LogP contribution in [0.2, 0.25) is 0 Å². The molecule has 5 unspecified atom stereocenters. The summed E-state index contributed by atoms with van der Waals surface area (Å²) in [5.74, 6) is 1.65. The van der Waals surface area contributed by atoms with E-state index in [0.717, 1.165) is 23.9 Å². The molecule has 0 spiro atoms. The van der Waals surface area contributed by atoms with E-state index in [1.807, 2.05) is 0 Å². The first kappa shape index (κ1) is 17.2. The Balaban J connectivity index is 2.08. The highest BCUT2D eigenvalue weighted by Gasteiger charge is 2.42. The van der Waals surface area contributed by atoms with Crippen LogP contribution in [0.15, 0.2) is 0 Å². The van der Waals surface area contributed by atoms with E-state index in [1.165, 1.54) is 32.4 Å². The van der Waals surface area contributed by atoms with Crippen LogP contribution in [0, 0.1) is 17.3 Å². The normalized spacial score (nSPS) is 39.1. The Morgan fingerprint density at radius 3 is 2.24 bits per heavy atom. The first-order valence-corrected chi connectivity index (χ1v) is 8.81.